The van der Waals surface area contributed by atoms with Crippen molar-refractivity contribution in [2.75, 3.05) is 6.61 Å². The molecular formula is C15H14BrClO2. The summed E-state index contributed by atoms with van der Waals surface area (Å²) in [5, 5.41) is 10.9. The molecule has 2 aromatic rings. The lowest BCUT2D eigenvalue weighted by Crippen LogP contribution is -2.01. The lowest BCUT2D eigenvalue weighted by molar-refractivity contribution is 0.220. The van der Waals surface area contributed by atoms with E-state index < -0.39 is 6.10 Å². The molecule has 2 nitrogen and oxygen atoms in total. The fraction of sp³-hybridized carbons (Fsp3) is 0.200. The molecule has 100 valence electrons. The van der Waals surface area contributed by atoms with Gasteiger partial charge in [0.25, 0.3) is 0 Å². The fourth-order valence-electron chi connectivity index (χ4n) is 1.84. The van der Waals surface area contributed by atoms with Gasteiger partial charge in [-0.15, -0.1) is 0 Å². The summed E-state index contributed by atoms with van der Waals surface area (Å²) in [5.41, 5.74) is 1.46. The highest BCUT2D eigenvalue weighted by Gasteiger charge is 2.14. The molecule has 2 rings (SSSR count). The van der Waals surface area contributed by atoms with Gasteiger partial charge in [-0.3, -0.25) is 0 Å². The number of aliphatic hydroxyl groups excluding tert-OH is 1. The van der Waals surface area contributed by atoms with Crippen LogP contribution in [0.25, 0.3) is 0 Å². The summed E-state index contributed by atoms with van der Waals surface area (Å²) in [6, 6.07) is 12.8. The van der Waals surface area contributed by atoms with E-state index in [9.17, 15) is 5.11 Å². The molecule has 2 aromatic carbocycles. The van der Waals surface area contributed by atoms with E-state index in [4.69, 9.17) is 16.3 Å². The van der Waals surface area contributed by atoms with Crippen LogP contribution in [0.2, 0.25) is 5.02 Å². The molecule has 0 aliphatic rings. The number of aliphatic hydroxyl groups is 1. The first kappa shape index (κ1) is 14.4. The Labute approximate surface area is 126 Å². The van der Waals surface area contributed by atoms with Crippen LogP contribution in [0.1, 0.15) is 24.2 Å². The van der Waals surface area contributed by atoms with Crippen LogP contribution in [0.4, 0.5) is 0 Å². The van der Waals surface area contributed by atoms with E-state index in [2.05, 4.69) is 15.9 Å². The molecule has 4 heteroatoms. The summed E-state index contributed by atoms with van der Waals surface area (Å²) in [4.78, 5) is 0. The molecule has 0 aromatic heterocycles. The minimum atomic E-state index is -0.749. The molecule has 0 saturated carbocycles. The quantitative estimate of drug-likeness (QED) is 0.882. The van der Waals surface area contributed by atoms with E-state index in [1.54, 1.807) is 6.07 Å². The highest BCUT2D eigenvalue weighted by atomic mass is 79.9. The van der Waals surface area contributed by atoms with Crippen molar-refractivity contribution in [1.82, 2.24) is 0 Å². The first-order valence-electron chi connectivity index (χ1n) is 5.98. The molecule has 0 bridgehead atoms. The highest BCUT2D eigenvalue weighted by molar-refractivity contribution is 9.10. The van der Waals surface area contributed by atoms with E-state index in [0.29, 0.717) is 17.2 Å². The van der Waals surface area contributed by atoms with E-state index in [0.717, 1.165) is 15.8 Å². The molecule has 0 aliphatic heterocycles. The molecule has 0 amide bonds. The van der Waals surface area contributed by atoms with Gasteiger partial charge in [-0.25, -0.2) is 0 Å². The van der Waals surface area contributed by atoms with Gasteiger partial charge in [0, 0.05) is 10.6 Å². The van der Waals surface area contributed by atoms with Crippen LogP contribution in [0, 0.1) is 0 Å². The van der Waals surface area contributed by atoms with Crippen LogP contribution < -0.4 is 4.74 Å². The second-order valence-corrected chi connectivity index (χ2v) is 5.31. The minimum Gasteiger partial charge on any atom is -0.493 e. The van der Waals surface area contributed by atoms with Crippen molar-refractivity contribution in [3.8, 4) is 5.75 Å². The zero-order valence-corrected chi connectivity index (χ0v) is 12.8. The molecule has 0 radical (unpaired) electrons. The zero-order valence-electron chi connectivity index (χ0n) is 10.4. The van der Waals surface area contributed by atoms with Crippen molar-refractivity contribution in [2.45, 2.75) is 13.0 Å². The van der Waals surface area contributed by atoms with E-state index >= 15 is 0 Å². The maximum absolute atomic E-state index is 10.4. The number of hydrogen-bond acceptors (Lipinski definition) is 2. The number of hydrogen-bond donors (Lipinski definition) is 1. The third-order valence-corrected chi connectivity index (χ3v) is 3.74. The number of ether oxygens (including phenoxy) is 1. The van der Waals surface area contributed by atoms with E-state index in [-0.39, 0.29) is 0 Å². The van der Waals surface area contributed by atoms with Gasteiger partial charge in [-0.2, -0.15) is 0 Å². The Morgan fingerprint density at radius 1 is 1.26 bits per heavy atom. The lowest BCUT2D eigenvalue weighted by Gasteiger charge is -2.14. The van der Waals surface area contributed by atoms with Crippen LogP contribution in [0.5, 0.6) is 5.75 Å². The predicted octanol–water partition coefficient (Wildman–Crippen LogP) is 4.58. The Bertz CT molecular complexity index is 572. The predicted molar refractivity (Wildman–Crippen MR) is 80.8 cm³/mol. The summed E-state index contributed by atoms with van der Waals surface area (Å²) in [5.74, 6) is 0.762. The molecule has 1 atom stereocenters. The summed E-state index contributed by atoms with van der Waals surface area (Å²) in [6.45, 7) is 2.53. The van der Waals surface area contributed by atoms with Gasteiger partial charge in [0.2, 0.25) is 0 Å². The monoisotopic (exact) mass is 340 g/mol. The van der Waals surface area contributed by atoms with Gasteiger partial charge >= 0.3 is 0 Å². The molecule has 0 fully saturated rings. The van der Waals surface area contributed by atoms with Crippen LogP contribution >= 0.6 is 27.5 Å². The van der Waals surface area contributed by atoms with Gasteiger partial charge in [0.1, 0.15) is 11.9 Å². The average Bonchev–Trinajstić information content (AvgIpc) is 2.41. The second kappa shape index (κ2) is 6.42. The Balaban J connectivity index is 2.32. The standard InChI is InChI=1S/C15H14BrClO2/c1-2-19-14-8-7-10(9-12(14)16)15(18)11-5-3-4-6-13(11)17/h3-9,15,18H,2H2,1H3. The van der Waals surface area contributed by atoms with Crippen LogP contribution in [0.15, 0.2) is 46.9 Å². The van der Waals surface area contributed by atoms with Crippen molar-refractivity contribution < 1.29 is 9.84 Å². The molecule has 0 saturated heterocycles. The Morgan fingerprint density at radius 3 is 2.63 bits per heavy atom. The van der Waals surface area contributed by atoms with E-state index in [1.807, 2.05) is 43.3 Å². The van der Waals surface area contributed by atoms with Gasteiger partial charge < -0.3 is 9.84 Å². The van der Waals surface area contributed by atoms with Crippen LogP contribution in [0.3, 0.4) is 0 Å². The molecule has 0 aliphatic carbocycles. The van der Waals surface area contributed by atoms with Crippen LogP contribution in [-0.2, 0) is 0 Å². The van der Waals surface area contributed by atoms with Gasteiger partial charge in [0.15, 0.2) is 0 Å². The molecular weight excluding hydrogens is 328 g/mol. The number of benzene rings is 2. The Kier molecular flexibility index (Phi) is 4.86. The first-order valence-corrected chi connectivity index (χ1v) is 7.15. The van der Waals surface area contributed by atoms with Crippen molar-refractivity contribution >= 4 is 27.5 Å². The Hall–Kier alpha value is -1.03. The van der Waals surface area contributed by atoms with Gasteiger partial charge in [-0.05, 0) is 46.6 Å². The van der Waals surface area contributed by atoms with Crippen molar-refractivity contribution in [3.05, 3.63) is 63.1 Å². The molecule has 1 N–H and O–H groups in total. The summed E-state index contributed by atoms with van der Waals surface area (Å²) in [7, 11) is 0. The maximum atomic E-state index is 10.4. The summed E-state index contributed by atoms with van der Waals surface area (Å²) < 4.78 is 6.26. The Morgan fingerprint density at radius 2 is 2.00 bits per heavy atom. The van der Waals surface area contributed by atoms with Crippen LogP contribution in [-0.4, -0.2) is 11.7 Å². The largest absolute Gasteiger partial charge is 0.493 e. The topological polar surface area (TPSA) is 29.5 Å². The minimum absolute atomic E-state index is 0.556. The SMILES string of the molecule is CCOc1ccc(C(O)c2ccccc2Cl)cc1Br. The zero-order chi connectivity index (χ0) is 13.8. The normalized spacial score (nSPS) is 12.2. The number of halogens is 2. The van der Waals surface area contributed by atoms with Crippen molar-refractivity contribution in [3.63, 3.8) is 0 Å². The molecule has 0 spiro atoms. The third-order valence-electron chi connectivity index (χ3n) is 2.77. The average molecular weight is 342 g/mol. The smallest absolute Gasteiger partial charge is 0.133 e. The van der Waals surface area contributed by atoms with Crippen molar-refractivity contribution in [1.29, 1.82) is 0 Å². The van der Waals surface area contributed by atoms with Gasteiger partial charge in [0.05, 0.1) is 11.1 Å². The third kappa shape index (κ3) is 3.30. The first-order chi connectivity index (χ1) is 9.13. The summed E-state index contributed by atoms with van der Waals surface area (Å²) in [6.07, 6.45) is -0.749. The van der Waals surface area contributed by atoms with Crippen molar-refractivity contribution in [2.24, 2.45) is 0 Å². The van der Waals surface area contributed by atoms with Gasteiger partial charge in [-0.1, -0.05) is 35.9 Å². The fourth-order valence-corrected chi connectivity index (χ4v) is 2.59. The number of rotatable bonds is 4. The molecule has 1 unspecified atom stereocenters. The van der Waals surface area contributed by atoms with E-state index in [1.165, 1.54) is 0 Å². The maximum Gasteiger partial charge on any atom is 0.133 e. The molecule has 19 heavy (non-hydrogen) atoms. The molecule has 0 heterocycles. The highest BCUT2D eigenvalue weighted by Crippen LogP contribution is 2.33. The lowest BCUT2D eigenvalue weighted by atomic mass is 10.0. The second-order valence-electron chi connectivity index (χ2n) is 4.05. The summed E-state index contributed by atoms with van der Waals surface area (Å²) >= 11 is 9.53.